The summed E-state index contributed by atoms with van der Waals surface area (Å²) in [6, 6.07) is 9.19. The number of hydrogen-bond donors (Lipinski definition) is 3. The van der Waals surface area contributed by atoms with Gasteiger partial charge in [0.1, 0.15) is 12.2 Å². The fourth-order valence-corrected chi connectivity index (χ4v) is 3.50. The van der Waals surface area contributed by atoms with Crippen molar-refractivity contribution in [2.75, 3.05) is 38.3 Å². The van der Waals surface area contributed by atoms with E-state index in [-0.39, 0.29) is 12.1 Å². The van der Waals surface area contributed by atoms with Crippen molar-refractivity contribution in [1.82, 2.24) is 24.9 Å². The van der Waals surface area contributed by atoms with Gasteiger partial charge in [0.05, 0.1) is 65.3 Å². The predicted octanol–water partition coefficient (Wildman–Crippen LogP) is 1.77. The molecule has 10 nitrogen and oxygen atoms in total. The first-order valence-corrected chi connectivity index (χ1v) is 10.9. The summed E-state index contributed by atoms with van der Waals surface area (Å²) in [7, 11) is 0. The summed E-state index contributed by atoms with van der Waals surface area (Å²) in [4.78, 5) is 17.3. The van der Waals surface area contributed by atoms with Crippen LogP contribution in [0.25, 0.3) is 16.9 Å². The van der Waals surface area contributed by atoms with E-state index in [4.69, 9.17) is 10.00 Å². The maximum Gasteiger partial charge on any atom is 0.255 e. The van der Waals surface area contributed by atoms with Gasteiger partial charge in [0, 0.05) is 19.3 Å². The van der Waals surface area contributed by atoms with Gasteiger partial charge in [0.15, 0.2) is 0 Å². The Balaban J connectivity index is 1.65. The molecule has 178 valence electrons. The predicted molar refractivity (Wildman–Crippen MR) is 123 cm³/mol. The molecular weight excluding hydrogens is 441 g/mol. The highest BCUT2D eigenvalue weighted by atomic mass is 19.1. The van der Waals surface area contributed by atoms with E-state index in [1.165, 1.54) is 26.2 Å². The first-order valence-electron chi connectivity index (χ1n) is 10.9. The number of pyridine rings is 1. The lowest BCUT2D eigenvalue weighted by atomic mass is 10.0. The summed E-state index contributed by atoms with van der Waals surface area (Å²) in [6.07, 6.45) is 1.27. The lowest BCUT2D eigenvalue weighted by molar-refractivity contribution is -0.00177. The number of halogens is 1. The summed E-state index contributed by atoms with van der Waals surface area (Å²) < 4.78 is 21.2. The minimum atomic E-state index is -1.63. The minimum absolute atomic E-state index is 0.235. The second-order valence-corrected chi connectivity index (χ2v) is 8.57. The Kier molecular flexibility index (Phi) is 6.74. The fourth-order valence-electron chi connectivity index (χ4n) is 3.50. The van der Waals surface area contributed by atoms with E-state index in [9.17, 15) is 14.3 Å². The molecule has 0 aliphatic carbocycles. The number of aromatic nitrogens is 3. The molecule has 0 saturated carbocycles. The third-order valence-electron chi connectivity index (χ3n) is 5.54. The maximum atomic E-state index is 14.2. The number of fused-ring (bicyclic) bond motifs is 1. The Hall–Kier alpha value is -3.59. The van der Waals surface area contributed by atoms with Crippen molar-refractivity contribution in [2.24, 2.45) is 0 Å². The lowest BCUT2D eigenvalue weighted by Crippen LogP contribution is -2.43. The molecule has 0 aromatic carbocycles. The Morgan fingerprint density at radius 1 is 1.32 bits per heavy atom. The van der Waals surface area contributed by atoms with Crippen LogP contribution in [0.5, 0.6) is 0 Å². The molecule has 1 aliphatic rings. The highest BCUT2D eigenvalue weighted by Crippen LogP contribution is 2.26. The van der Waals surface area contributed by atoms with Gasteiger partial charge in [-0.1, -0.05) is 0 Å². The number of rotatable bonds is 7. The Morgan fingerprint density at radius 3 is 2.79 bits per heavy atom. The Morgan fingerprint density at radius 2 is 2.09 bits per heavy atom. The van der Waals surface area contributed by atoms with Crippen LogP contribution in [0.1, 0.15) is 29.8 Å². The van der Waals surface area contributed by atoms with Crippen LogP contribution in [-0.2, 0) is 4.74 Å². The molecule has 3 aromatic heterocycles. The zero-order valence-corrected chi connectivity index (χ0v) is 19.0. The van der Waals surface area contributed by atoms with Crippen molar-refractivity contribution in [3.05, 3.63) is 47.8 Å². The van der Waals surface area contributed by atoms with E-state index in [2.05, 4.69) is 26.9 Å². The van der Waals surface area contributed by atoms with Crippen LogP contribution in [0.3, 0.4) is 0 Å². The van der Waals surface area contributed by atoms with Gasteiger partial charge >= 0.3 is 0 Å². The van der Waals surface area contributed by atoms with Gasteiger partial charge in [-0.25, -0.2) is 13.9 Å². The van der Waals surface area contributed by atoms with E-state index in [1.54, 1.807) is 16.6 Å². The van der Waals surface area contributed by atoms with E-state index in [1.807, 2.05) is 17.1 Å². The monoisotopic (exact) mass is 467 g/mol. The number of nitrogens with zero attached hydrogens (tertiary/aromatic N) is 5. The van der Waals surface area contributed by atoms with Gasteiger partial charge in [0.25, 0.3) is 5.91 Å². The molecule has 3 N–H and O–H groups in total. The van der Waals surface area contributed by atoms with Gasteiger partial charge in [-0.2, -0.15) is 10.4 Å². The van der Waals surface area contributed by atoms with Crippen molar-refractivity contribution in [1.29, 1.82) is 5.26 Å². The number of carbonyl (C=O) groups excluding carboxylic acids is 1. The summed E-state index contributed by atoms with van der Waals surface area (Å²) in [5.74, 6) is -0.515. The number of aliphatic hydroxyl groups is 1. The number of morpholine rings is 1. The molecule has 11 heteroatoms. The Labute approximate surface area is 195 Å². The number of carbonyl (C=O) groups is 1. The van der Waals surface area contributed by atoms with Gasteiger partial charge < -0.3 is 20.6 Å². The van der Waals surface area contributed by atoms with E-state index >= 15 is 0 Å². The fraction of sp³-hybridized carbons (Fsp3) is 0.391. The number of amides is 1. The Bertz CT molecular complexity index is 1230. The van der Waals surface area contributed by atoms with Crippen molar-refractivity contribution >= 4 is 17.1 Å². The molecule has 4 rings (SSSR count). The van der Waals surface area contributed by atoms with Crippen molar-refractivity contribution in [3.8, 4) is 17.5 Å². The number of nitriles is 1. The molecule has 1 saturated heterocycles. The number of anilines is 1. The zero-order valence-electron chi connectivity index (χ0n) is 19.0. The molecule has 0 radical (unpaired) electrons. The van der Waals surface area contributed by atoms with Crippen molar-refractivity contribution in [2.45, 2.75) is 25.6 Å². The molecule has 34 heavy (non-hydrogen) atoms. The number of alkyl halides is 1. The second-order valence-electron chi connectivity index (χ2n) is 8.57. The average Bonchev–Trinajstić information content (AvgIpc) is 3.25. The molecule has 1 aliphatic heterocycles. The van der Waals surface area contributed by atoms with Crippen LogP contribution in [0.2, 0.25) is 0 Å². The van der Waals surface area contributed by atoms with Gasteiger partial charge in [-0.05, 0) is 38.1 Å². The van der Waals surface area contributed by atoms with Crippen LogP contribution in [0, 0.1) is 11.3 Å². The van der Waals surface area contributed by atoms with E-state index < -0.39 is 17.7 Å². The molecule has 1 fully saturated rings. The smallest absolute Gasteiger partial charge is 0.255 e. The first kappa shape index (κ1) is 23.6. The van der Waals surface area contributed by atoms with Crippen LogP contribution in [0.15, 0.2) is 36.7 Å². The summed E-state index contributed by atoms with van der Waals surface area (Å²) in [5.41, 5.74) is 4.84. The van der Waals surface area contributed by atoms with E-state index in [0.29, 0.717) is 48.9 Å². The summed E-state index contributed by atoms with van der Waals surface area (Å²) in [6.45, 7) is 4.71. The quantitative estimate of drug-likeness (QED) is 0.480. The van der Waals surface area contributed by atoms with Gasteiger partial charge in [-0.15, -0.1) is 0 Å². The number of hydrazine groups is 1. The summed E-state index contributed by atoms with van der Waals surface area (Å²) in [5, 5.41) is 27.7. The normalized spacial score (nSPS) is 15.6. The zero-order chi connectivity index (χ0) is 24.3. The number of hydrogen-bond acceptors (Lipinski definition) is 8. The van der Waals surface area contributed by atoms with Crippen molar-refractivity contribution < 1.29 is 19.0 Å². The van der Waals surface area contributed by atoms with Crippen molar-refractivity contribution in [3.63, 3.8) is 0 Å². The van der Waals surface area contributed by atoms with E-state index in [0.717, 1.165) is 5.52 Å². The van der Waals surface area contributed by atoms with Gasteiger partial charge in [-0.3, -0.25) is 9.78 Å². The highest BCUT2D eigenvalue weighted by molar-refractivity contribution is 5.99. The molecule has 3 aromatic rings. The SMILES string of the molecule is CC(C)(O)[C@H](F)CNC(=O)c1cnc(-c2ccc3cc(C#N)cnn23)cc1NN1CCOCC1. The molecule has 1 amide bonds. The van der Waals surface area contributed by atoms with Gasteiger partial charge in [0.2, 0.25) is 0 Å². The number of ether oxygens (including phenoxy) is 1. The van der Waals surface area contributed by atoms with Crippen LogP contribution in [0.4, 0.5) is 10.1 Å². The first-order chi connectivity index (χ1) is 16.3. The molecule has 0 bridgehead atoms. The van der Waals surface area contributed by atoms with Crippen LogP contribution in [-0.4, -0.2) is 75.2 Å². The lowest BCUT2D eigenvalue weighted by Gasteiger charge is -2.29. The molecule has 0 spiro atoms. The third kappa shape index (κ3) is 5.14. The van der Waals surface area contributed by atoms with Crippen LogP contribution >= 0.6 is 0 Å². The molecule has 4 heterocycles. The summed E-state index contributed by atoms with van der Waals surface area (Å²) >= 11 is 0. The third-order valence-corrected chi connectivity index (χ3v) is 5.54. The highest BCUT2D eigenvalue weighted by Gasteiger charge is 2.27. The standard InChI is InChI=1S/C23H26FN7O3/c1-23(2,33)21(24)14-27-22(32)17-13-26-19(10-18(17)29-30-5-7-34-8-6-30)20-4-3-16-9-15(11-25)12-28-31(16)20/h3-4,9-10,12-13,21,33H,5-8,14H2,1-2H3,(H,26,29)(H,27,32)/t21-/m1/s1. The topological polar surface area (TPSA) is 128 Å². The van der Waals surface area contributed by atoms with Crippen LogP contribution < -0.4 is 10.7 Å². The average molecular weight is 468 g/mol. The number of nitrogens with one attached hydrogen (secondary N) is 2. The maximum absolute atomic E-state index is 14.2. The minimum Gasteiger partial charge on any atom is -0.387 e. The largest absolute Gasteiger partial charge is 0.387 e. The molecule has 1 atom stereocenters. The molecule has 0 unspecified atom stereocenters. The second kappa shape index (κ2) is 9.72. The molecular formula is C23H26FN7O3.